The maximum atomic E-state index is 12.5. The molecule has 1 amide bonds. The van der Waals surface area contributed by atoms with Gasteiger partial charge in [0, 0.05) is 5.69 Å². The fourth-order valence-corrected chi connectivity index (χ4v) is 3.41. The molecule has 0 aliphatic rings. The van der Waals surface area contributed by atoms with Crippen molar-refractivity contribution in [2.24, 2.45) is 0 Å². The highest BCUT2D eigenvalue weighted by Gasteiger charge is 2.12. The molecule has 0 atom stereocenters. The molecule has 3 rings (SSSR count). The molecule has 0 saturated carbocycles. The molecule has 0 aromatic heterocycles. The molecule has 0 unspecified atom stereocenters. The van der Waals surface area contributed by atoms with E-state index in [1.807, 2.05) is 12.1 Å². The van der Waals surface area contributed by atoms with Crippen LogP contribution in [-0.2, 0) is 11.4 Å². The lowest BCUT2D eigenvalue weighted by Crippen LogP contribution is -2.13. The molecule has 162 valence electrons. The predicted octanol–water partition coefficient (Wildman–Crippen LogP) is 7.39. The van der Waals surface area contributed by atoms with Crippen LogP contribution in [0.4, 0.5) is 5.69 Å². The van der Waals surface area contributed by atoms with Crippen molar-refractivity contribution in [3.8, 4) is 11.8 Å². The maximum absolute atomic E-state index is 12.5. The van der Waals surface area contributed by atoms with E-state index in [1.165, 1.54) is 23.3 Å². The van der Waals surface area contributed by atoms with E-state index in [-0.39, 0.29) is 5.57 Å². The lowest BCUT2D eigenvalue weighted by molar-refractivity contribution is -0.112. The van der Waals surface area contributed by atoms with E-state index in [0.717, 1.165) is 5.56 Å². The maximum Gasteiger partial charge on any atom is 0.266 e. The second kappa shape index (κ2) is 10.6. The van der Waals surface area contributed by atoms with Gasteiger partial charge in [0.1, 0.15) is 24.0 Å². The van der Waals surface area contributed by atoms with Crippen molar-refractivity contribution < 1.29 is 9.53 Å². The second-order valence-corrected chi connectivity index (χ2v) is 8.37. The summed E-state index contributed by atoms with van der Waals surface area (Å²) in [5.41, 5.74) is 4.39. The molecule has 32 heavy (non-hydrogen) atoms. The number of carbonyl (C=O) groups is 1. The summed E-state index contributed by atoms with van der Waals surface area (Å²) < 4.78 is 5.83. The SMILES string of the molecule is Cc1ccc(COc2ccc(/C=C(\C#N)C(=O)Nc3ccc(Cl)c(Cl)c3)cc2Cl)cc1C. The zero-order chi connectivity index (χ0) is 23.3. The van der Waals surface area contributed by atoms with E-state index < -0.39 is 5.91 Å². The number of halogens is 3. The Morgan fingerprint density at radius 2 is 1.75 bits per heavy atom. The first-order valence-corrected chi connectivity index (χ1v) is 10.8. The topological polar surface area (TPSA) is 62.1 Å². The first-order valence-electron chi connectivity index (χ1n) is 9.63. The first-order chi connectivity index (χ1) is 15.3. The number of anilines is 1. The standard InChI is InChI=1S/C25H19Cl3N2O2/c1-15-3-4-18(9-16(15)2)14-32-24-8-5-17(11-23(24)28)10-19(13-29)25(31)30-20-6-7-21(26)22(27)12-20/h3-12H,14H2,1-2H3,(H,30,31)/b19-10+. The van der Waals surface area contributed by atoms with Gasteiger partial charge in [0.25, 0.3) is 5.91 Å². The summed E-state index contributed by atoms with van der Waals surface area (Å²) in [7, 11) is 0. The van der Waals surface area contributed by atoms with Crippen LogP contribution >= 0.6 is 34.8 Å². The Hall–Kier alpha value is -2.97. The van der Waals surface area contributed by atoms with Crippen molar-refractivity contribution in [1.29, 1.82) is 5.26 Å². The van der Waals surface area contributed by atoms with Crippen molar-refractivity contribution in [1.82, 2.24) is 0 Å². The van der Waals surface area contributed by atoms with Crippen molar-refractivity contribution in [3.05, 3.63) is 97.5 Å². The molecule has 0 fully saturated rings. The number of aryl methyl sites for hydroxylation is 2. The third-order valence-corrected chi connectivity index (χ3v) is 5.81. The van der Waals surface area contributed by atoms with Crippen LogP contribution < -0.4 is 10.1 Å². The Kier molecular flexibility index (Phi) is 7.82. The van der Waals surface area contributed by atoms with Crippen LogP contribution in [0.2, 0.25) is 15.1 Å². The highest BCUT2D eigenvalue weighted by molar-refractivity contribution is 6.42. The van der Waals surface area contributed by atoms with E-state index in [0.29, 0.717) is 38.7 Å². The molecular formula is C25H19Cl3N2O2. The Morgan fingerprint density at radius 3 is 2.41 bits per heavy atom. The van der Waals surface area contributed by atoms with Gasteiger partial charge in [-0.15, -0.1) is 0 Å². The zero-order valence-electron chi connectivity index (χ0n) is 17.4. The van der Waals surface area contributed by atoms with Gasteiger partial charge >= 0.3 is 0 Å². The van der Waals surface area contributed by atoms with E-state index in [1.54, 1.807) is 30.3 Å². The quantitative estimate of drug-likeness (QED) is 0.292. The van der Waals surface area contributed by atoms with Gasteiger partial charge in [0.2, 0.25) is 0 Å². The molecular weight excluding hydrogens is 467 g/mol. The molecule has 0 bridgehead atoms. The molecule has 0 radical (unpaired) electrons. The van der Waals surface area contributed by atoms with Crippen molar-refractivity contribution >= 4 is 52.5 Å². The van der Waals surface area contributed by atoms with Crippen LogP contribution in [0.1, 0.15) is 22.3 Å². The first kappa shape index (κ1) is 23.7. The fraction of sp³-hybridized carbons (Fsp3) is 0.120. The van der Waals surface area contributed by atoms with Crippen LogP contribution in [-0.4, -0.2) is 5.91 Å². The van der Waals surface area contributed by atoms with Crippen LogP contribution in [0.3, 0.4) is 0 Å². The Bertz CT molecular complexity index is 1250. The average molecular weight is 486 g/mol. The number of hydrogen-bond donors (Lipinski definition) is 1. The zero-order valence-corrected chi connectivity index (χ0v) is 19.6. The number of nitrogens with one attached hydrogen (secondary N) is 1. The van der Waals surface area contributed by atoms with Gasteiger partial charge in [0.05, 0.1) is 15.1 Å². The van der Waals surface area contributed by atoms with Crippen LogP contribution in [0.25, 0.3) is 6.08 Å². The summed E-state index contributed by atoms with van der Waals surface area (Å²) in [6, 6.07) is 17.8. The highest BCUT2D eigenvalue weighted by atomic mass is 35.5. The molecule has 4 nitrogen and oxygen atoms in total. The minimum atomic E-state index is -0.572. The molecule has 1 N–H and O–H groups in total. The van der Waals surface area contributed by atoms with E-state index >= 15 is 0 Å². The smallest absolute Gasteiger partial charge is 0.266 e. The summed E-state index contributed by atoms with van der Waals surface area (Å²) in [4.78, 5) is 12.5. The minimum absolute atomic E-state index is 0.0871. The fourth-order valence-electron chi connectivity index (χ4n) is 2.87. The van der Waals surface area contributed by atoms with Crippen LogP contribution in [0.5, 0.6) is 5.75 Å². The Labute approximate surface area is 202 Å². The average Bonchev–Trinajstić information content (AvgIpc) is 2.76. The summed E-state index contributed by atoms with van der Waals surface area (Å²) in [6.45, 7) is 4.49. The van der Waals surface area contributed by atoms with Gasteiger partial charge in [-0.3, -0.25) is 4.79 Å². The third-order valence-electron chi connectivity index (χ3n) is 4.78. The number of nitrogens with zero attached hydrogens (tertiary/aromatic N) is 1. The molecule has 0 spiro atoms. The number of carbonyl (C=O) groups excluding carboxylic acids is 1. The van der Waals surface area contributed by atoms with Gasteiger partial charge < -0.3 is 10.1 Å². The van der Waals surface area contributed by atoms with Crippen LogP contribution in [0.15, 0.2) is 60.2 Å². The highest BCUT2D eigenvalue weighted by Crippen LogP contribution is 2.28. The lowest BCUT2D eigenvalue weighted by Gasteiger charge is -2.10. The molecule has 3 aromatic rings. The number of amides is 1. The predicted molar refractivity (Wildman–Crippen MR) is 130 cm³/mol. The summed E-state index contributed by atoms with van der Waals surface area (Å²) >= 11 is 18.2. The van der Waals surface area contributed by atoms with E-state index in [4.69, 9.17) is 39.5 Å². The second-order valence-electron chi connectivity index (χ2n) is 7.15. The number of hydrogen-bond acceptors (Lipinski definition) is 3. The van der Waals surface area contributed by atoms with Gasteiger partial charge in [0.15, 0.2) is 0 Å². The monoisotopic (exact) mass is 484 g/mol. The molecule has 0 heterocycles. The summed E-state index contributed by atoms with van der Waals surface area (Å²) in [5.74, 6) is -0.0575. The number of ether oxygens (including phenoxy) is 1. The Balaban J connectivity index is 1.71. The summed E-state index contributed by atoms with van der Waals surface area (Å²) in [5, 5.41) is 13.1. The van der Waals surface area contributed by atoms with Crippen LogP contribution in [0, 0.1) is 25.2 Å². The van der Waals surface area contributed by atoms with Crippen molar-refractivity contribution in [2.75, 3.05) is 5.32 Å². The van der Waals surface area contributed by atoms with Gasteiger partial charge in [-0.2, -0.15) is 5.26 Å². The van der Waals surface area contributed by atoms with Gasteiger partial charge in [-0.1, -0.05) is 59.1 Å². The molecule has 0 aliphatic heterocycles. The molecule has 0 saturated heterocycles. The lowest BCUT2D eigenvalue weighted by atomic mass is 10.1. The molecule has 3 aromatic carbocycles. The third kappa shape index (κ3) is 6.05. The van der Waals surface area contributed by atoms with E-state index in [2.05, 4.69) is 31.3 Å². The normalized spacial score (nSPS) is 11.1. The minimum Gasteiger partial charge on any atom is -0.487 e. The molecule has 0 aliphatic carbocycles. The largest absolute Gasteiger partial charge is 0.487 e. The number of benzene rings is 3. The van der Waals surface area contributed by atoms with Gasteiger partial charge in [-0.25, -0.2) is 0 Å². The number of rotatable bonds is 6. The molecule has 7 heteroatoms. The van der Waals surface area contributed by atoms with Gasteiger partial charge in [-0.05, 0) is 72.5 Å². The number of nitriles is 1. The van der Waals surface area contributed by atoms with Crippen molar-refractivity contribution in [3.63, 3.8) is 0 Å². The van der Waals surface area contributed by atoms with E-state index in [9.17, 15) is 10.1 Å². The summed E-state index contributed by atoms with van der Waals surface area (Å²) in [6.07, 6.45) is 1.45. The van der Waals surface area contributed by atoms with Crippen molar-refractivity contribution in [2.45, 2.75) is 20.5 Å². The Morgan fingerprint density at radius 1 is 0.969 bits per heavy atom.